The maximum Gasteiger partial charge on any atom is 0.280 e. The monoisotopic (exact) mass is 538 g/mol. The Kier molecular flexibility index (Phi) is 7.39. The van der Waals surface area contributed by atoms with Crippen LogP contribution in [0.25, 0.3) is 11.3 Å². The van der Waals surface area contributed by atoms with E-state index in [9.17, 15) is 9.90 Å². The van der Waals surface area contributed by atoms with E-state index >= 15 is 0 Å². The standard InChI is InChI=1S/C31H30N4O5/c1-35-17-27(33-34-35)22-9-7-20(8-10-22)15-23-16-25(31(37)32-26-12-13-38-19-28(26)36)30(24-11-14-39-29(23)24)40-18-21-5-3-2-4-6-21/h2-10,16-17,28,36H,11-15,18-19H2,1H3/t28-/m0/s1. The van der Waals surface area contributed by atoms with Gasteiger partial charge >= 0.3 is 0 Å². The summed E-state index contributed by atoms with van der Waals surface area (Å²) in [6.07, 6.45) is 2.59. The van der Waals surface area contributed by atoms with Crippen LogP contribution >= 0.6 is 0 Å². The topological polar surface area (TPSA) is 108 Å². The van der Waals surface area contributed by atoms with Gasteiger partial charge in [-0.15, -0.1) is 5.10 Å². The molecule has 1 saturated heterocycles. The summed E-state index contributed by atoms with van der Waals surface area (Å²) in [5.74, 6) is 0.818. The number of ether oxygens (including phenoxy) is 3. The average Bonchev–Trinajstić information content (AvgIpc) is 3.64. The van der Waals surface area contributed by atoms with Gasteiger partial charge in [-0.25, -0.2) is 4.99 Å². The summed E-state index contributed by atoms with van der Waals surface area (Å²) in [5.41, 5.74) is 6.41. The van der Waals surface area contributed by atoms with Gasteiger partial charge in [-0.05, 0) is 22.8 Å². The number of carbonyl (C=O) groups excluding carboxylic acids is 1. The van der Waals surface area contributed by atoms with Crippen LogP contribution in [-0.4, -0.2) is 57.6 Å². The molecule has 9 heteroatoms. The van der Waals surface area contributed by atoms with Crippen LogP contribution in [0.5, 0.6) is 11.5 Å². The first-order valence-corrected chi connectivity index (χ1v) is 13.4. The lowest BCUT2D eigenvalue weighted by Gasteiger charge is -2.20. The molecular formula is C31H30N4O5. The molecule has 2 aliphatic rings. The van der Waals surface area contributed by atoms with Gasteiger partial charge in [0.05, 0.1) is 37.3 Å². The second kappa shape index (κ2) is 11.4. The fraction of sp³-hybridized carbons (Fsp3) is 0.290. The number of aryl methyl sites for hydroxylation is 1. The number of aliphatic hydroxyl groups is 1. The Morgan fingerprint density at radius 3 is 2.67 bits per heavy atom. The molecule has 3 heterocycles. The highest BCUT2D eigenvalue weighted by Crippen LogP contribution is 2.41. The Balaban J connectivity index is 1.35. The van der Waals surface area contributed by atoms with Crippen molar-refractivity contribution < 1.29 is 24.1 Å². The van der Waals surface area contributed by atoms with Gasteiger partial charge in [0.2, 0.25) is 0 Å². The van der Waals surface area contributed by atoms with Crippen molar-refractivity contribution in [1.29, 1.82) is 0 Å². The van der Waals surface area contributed by atoms with Crippen LogP contribution in [0.1, 0.15) is 39.0 Å². The number of aromatic nitrogens is 3. The van der Waals surface area contributed by atoms with E-state index in [1.807, 2.05) is 73.9 Å². The third kappa shape index (κ3) is 5.52. The van der Waals surface area contributed by atoms with Crippen molar-refractivity contribution in [2.45, 2.75) is 32.0 Å². The summed E-state index contributed by atoms with van der Waals surface area (Å²) in [6.45, 7) is 1.38. The van der Waals surface area contributed by atoms with E-state index in [-0.39, 0.29) is 6.61 Å². The predicted molar refractivity (Wildman–Crippen MR) is 149 cm³/mol. The second-order valence-electron chi connectivity index (χ2n) is 9.99. The van der Waals surface area contributed by atoms with Crippen LogP contribution in [0.4, 0.5) is 0 Å². The Morgan fingerprint density at radius 1 is 1.10 bits per heavy atom. The maximum atomic E-state index is 13.6. The molecule has 3 aromatic carbocycles. The summed E-state index contributed by atoms with van der Waals surface area (Å²) < 4.78 is 19.4. The highest BCUT2D eigenvalue weighted by Gasteiger charge is 2.29. The number of aliphatic hydroxyl groups excluding tert-OH is 1. The lowest BCUT2D eigenvalue weighted by Crippen LogP contribution is -2.33. The van der Waals surface area contributed by atoms with E-state index < -0.39 is 12.0 Å². The van der Waals surface area contributed by atoms with Crippen molar-refractivity contribution in [2.24, 2.45) is 12.0 Å². The van der Waals surface area contributed by atoms with Crippen molar-refractivity contribution in [3.63, 3.8) is 0 Å². The van der Waals surface area contributed by atoms with Crippen LogP contribution in [0.15, 0.2) is 71.9 Å². The van der Waals surface area contributed by atoms with Crippen LogP contribution in [0.2, 0.25) is 0 Å². The van der Waals surface area contributed by atoms with Crippen molar-refractivity contribution in [3.05, 3.63) is 94.7 Å². The van der Waals surface area contributed by atoms with Crippen molar-refractivity contribution in [3.8, 4) is 22.8 Å². The van der Waals surface area contributed by atoms with Crippen molar-refractivity contribution >= 4 is 11.6 Å². The molecule has 204 valence electrons. The number of fused-ring (bicyclic) bond motifs is 1. The lowest BCUT2D eigenvalue weighted by molar-refractivity contribution is 0.0523. The SMILES string of the molecule is Cn1cc(-c2ccc(Cc3cc(C(=O)N=C4CCOC[C@@H]4O)c(OCc4ccccc4)c4c3OCC4)cc2)nn1. The van der Waals surface area contributed by atoms with Crippen LogP contribution in [0.3, 0.4) is 0 Å². The second-order valence-corrected chi connectivity index (χ2v) is 9.99. The van der Waals surface area contributed by atoms with Crippen molar-refractivity contribution in [1.82, 2.24) is 15.0 Å². The quantitative estimate of drug-likeness (QED) is 0.380. The van der Waals surface area contributed by atoms with Crippen LogP contribution in [0, 0.1) is 0 Å². The fourth-order valence-corrected chi connectivity index (χ4v) is 5.06. The molecule has 0 saturated carbocycles. The zero-order valence-corrected chi connectivity index (χ0v) is 22.2. The van der Waals surface area contributed by atoms with E-state index in [0.717, 1.165) is 39.3 Å². The zero-order valence-electron chi connectivity index (χ0n) is 22.2. The summed E-state index contributed by atoms with van der Waals surface area (Å²) >= 11 is 0. The number of carbonyl (C=O) groups is 1. The first-order valence-electron chi connectivity index (χ1n) is 13.4. The van der Waals surface area contributed by atoms with Gasteiger partial charge in [0.25, 0.3) is 5.91 Å². The first kappa shape index (κ1) is 25.9. The van der Waals surface area contributed by atoms with Crippen LogP contribution < -0.4 is 9.47 Å². The number of hydrogen-bond acceptors (Lipinski definition) is 7. The summed E-state index contributed by atoms with van der Waals surface area (Å²) in [6, 6.07) is 19.8. The number of rotatable bonds is 7. The number of hydrogen-bond donors (Lipinski definition) is 1. The van der Waals surface area contributed by atoms with Gasteiger partial charge in [-0.3, -0.25) is 9.48 Å². The predicted octanol–water partition coefficient (Wildman–Crippen LogP) is 3.95. The largest absolute Gasteiger partial charge is 0.493 e. The molecule has 4 aromatic rings. The molecule has 0 unspecified atom stereocenters. The molecular weight excluding hydrogens is 508 g/mol. The molecule has 0 bridgehead atoms. The van der Waals surface area contributed by atoms with E-state index in [1.54, 1.807) is 4.68 Å². The molecule has 0 spiro atoms. The summed E-state index contributed by atoms with van der Waals surface area (Å²) in [5, 5.41) is 18.5. The Labute approximate surface area is 232 Å². The molecule has 2 aliphatic heterocycles. The molecule has 1 N–H and O–H groups in total. The average molecular weight is 539 g/mol. The van der Waals surface area contributed by atoms with Gasteiger partial charge < -0.3 is 19.3 Å². The number of nitrogens with zero attached hydrogens (tertiary/aromatic N) is 4. The fourth-order valence-electron chi connectivity index (χ4n) is 5.06. The van der Waals surface area contributed by atoms with Gasteiger partial charge in [0, 0.05) is 37.4 Å². The smallest absolute Gasteiger partial charge is 0.280 e. The van der Waals surface area contributed by atoms with E-state index in [4.69, 9.17) is 14.2 Å². The molecule has 1 amide bonds. The maximum absolute atomic E-state index is 13.6. The highest BCUT2D eigenvalue weighted by molar-refractivity contribution is 6.07. The Morgan fingerprint density at radius 2 is 1.93 bits per heavy atom. The minimum absolute atomic E-state index is 0.136. The van der Waals surface area contributed by atoms with Crippen molar-refractivity contribution in [2.75, 3.05) is 19.8 Å². The van der Waals surface area contributed by atoms with Crippen LogP contribution in [-0.2, 0) is 31.2 Å². The third-order valence-electron chi connectivity index (χ3n) is 7.11. The summed E-state index contributed by atoms with van der Waals surface area (Å²) in [4.78, 5) is 18.0. The van der Waals surface area contributed by atoms with E-state index in [1.165, 1.54) is 0 Å². The number of amides is 1. The first-order chi connectivity index (χ1) is 19.5. The van der Waals surface area contributed by atoms with Gasteiger partial charge in [-0.1, -0.05) is 59.8 Å². The molecule has 1 atom stereocenters. The molecule has 40 heavy (non-hydrogen) atoms. The number of benzene rings is 3. The van der Waals surface area contributed by atoms with E-state index in [0.29, 0.717) is 56.1 Å². The van der Waals surface area contributed by atoms with Gasteiger partial charge in [0.1, 0.15) is 29.9 Å². The van der Waals surface area contributed by atoms with Gasteiger partial charge in [0.15, 0.2) is 0 Å². The normalized spacial score (nSPS) is 17.4. The molecule has 0 radical (unpaired) electrons. The molecule has 9 nitrogen and oxygen atoms in total. The third-order valence-corrected chi connectivity index (χ3v) is 7.11. The minimum Gasteiger partial charge on any atom is -0.493 e. The molecule has 1 aromatic heterocycles. The Bertz CT molecular complexity index is 1550. The zero-order chi connectivity index (χ0) is 27.5. The Hall–Kier alpha value is -4.34. The molecule has 0 aliphatic carbocycles. The lowest BCUT2D eigenvalue weighted by atomic mass is 9.95. The summed E-state index contributed by atoms with van der Waals surface area (Å²) in [7, 11) is 1.84. The molecule has 6 rings (SSSR count). The highest BCUT2D eigenvalue weighted by atomic mass is 16.5. The van der Waals surface area contributed by atoms with Gasteiger partial charge in [-0.2, -0.15) is 0 Å². The number of aliphatic imine (C=N–C) groups is 1. The van der Waals surface area contributed by atoms with E-state index in [2.05, 4.69) is 15.3 Å². The molecule has 1 fully saturated rings. The minimum atomic E-state index is -0.892.